The quantitative estimate of drug-likeness (QED) is 0.834. The van der Waals surface area contributed by atoms with Gasteiger partial charge in [0.2, 0.25) is 5.91 Å². The number of nitrogens with one attached hydrogen (secondary N) is 1. The van der Waals surface area contributed by atoms with E-state index in [0.29, 0.717) is 5.92 Å². The van der Waals surface area contributed by atoms with E-state index in [1.54, 1.807) is 6.92 Å². The number of hydrogen-bond donors (Lipinski definition) is 1. The molecule has 0 saturated heterocycles. The Hall–Kier alpha value is -1.17. The first kappa shape index (κ1) is 16.9. The van der Waals surface area contributed by atoms with Crippen LogP contribution in [0.15, 0.2) is 29.2 Å². The van der Waals surface area contributed by atoms with Crippen LogP contribution in [0.3, 0.4) is 0 Å². The van der Waals surface area contributed by atoms with E-state index in [4.69, 9.17) is 0 Å². The normalized spacial score (nSPS) is 13.3. The molecule has 0 radical (unpaired) electrons. The van der Waals surface area contributed by atoms with Crippen molar-refractivity contribution in [1.29, 1.82) is 0 Å². The zero-order chi connectivity index (χ0) is 15.3. The predicted molar refractivity (Wildman–Crippen MR) is 74.9 cm³/mol. The molecule has 2 nitrogen and oxygen atoms in total. The molecular weight excluding hydrogens is 287 g/mol. The molecule has 0 aliphatic heterocycles. The largest absolute Gasteiger partial charge is 0.405 e. The summed E-state index contributed by atoms with van der Waals surface area (Å²) in [6, 6.07) is 7.70. The zero-order valence-electron chi connectivity index (χ0n) is 11.6. The fourth-order valence-electron chi connectivity index (χ4n) is 1.52. The van der Waals surface area contributed by atoms with Gasteiger partial charge in [-0.05, 0) is 30.5 Å². The SMILES string of the molecule is CC(Sc1ccc(C(C)C)cc1)C(=O)NCC(F)(F)F. The van der Waals surface area contributed by atoms with Crippen molar-refractivity contribution in [2.24, 2.45) is 0 Å². The van der Waals surface area contributed by atoms with E-state index in [1.165, 1.54) is 17.3 Å². The number of carbonyl (C=O) groups excluding carboxylic acids is 1. The average Bonchev–Trinajstić information content (AvgIpc) is 2.35. The Bertz CT molecular complexity index is 443. The maximum absolute atomic E-state index is 12.0. The molecule has 1 amide bonds. The lowest BCUT2D eigenvalue weighted by Gasteiger charge is -2.14. The van der Waals surface area contributed by atoms with Gasteiger partial charge in [0, 0.05) is 4.90 Å². The number of rotatable bonds is 5. The van der Waals surface area contributed by atoms with Crippen molar-refractivity contribution < 1.29 is 18.0 Å². The molecule has 1 N–H and O–H groups in total. The van der Waals surface area contributed by atoms with Gasteiger partial charge in [-0.1, -0.05) is 26.0 Å². The third kappa shape index (κ3) is 5.86. The predicted octanol–water partition coefficient (Wildman–Crippen LogP) is 3.97. The summed E-state index contributed by atoms with van der Waals surface area (Å²) in [4.78, 5) is 12.4. The summed E-state index contributed by atoms with van der Waals surface area (Å²) in [5, 5.41) is 1.32. The maximum atomic E-state index is 12.0. The summed E-state index contributed by atoms with van der Waals surface area (Å²) < 4.78 is 36.0. The summed E-state index contributed by atoms with van der Waals surface area (Å²) in [5.41, 5.74) is 1.18. The maximum Gasteiger partial charge on any atom is 0.405 e. The Labute approximate surface area is 121 Å². The van der Waals surface area contributed by atoms with Crippen molar-refractivity contribution in [3.05, 3.63) is 29.8 Å². The lowest BCUT2D eigenvalue weighted by atomic mass is 10.0. The van der Waals surface area contributed by atoms with Crippen LogP contribution >= 0.6 is 11.8 Å². The molecule has 1 rings (SSSR count). The molecule has 0 spiro atoms. The van der Waals surface area contributed by atoms with Crippen LogP contribution in [0.4, 0.5) is 13.2 Å². The number of amides is 1. The van der Waals surface area contributed by atoms with E-state index in [1.807, 2.05) is 29.6 Å². The van der Waals surface area contributed by atoms with Crippen LogP contribution in [-0.2, 0) is 4.79 Å². The van der Waals surface area contributed by atoms with Crippen molar-refractivity contribution in [3.8, 4) is 0 Å². The number of carbonyl (C=O) groups is 1. The topological polar surface area (TPSA) is 29.1 Å². The van der Waals surface area contributed by atoms with Crippen LogP contribution in [0.2, 0.25) is 0 Å². The van der Waals surface area contributed by atoms with Crippen molar-refractivity contribution >= 4 is 17.7 Å². The Balaban J connectivity index is 2.53. The molecule has 0 bridgehead atoms. The van der Waals surface area contributed by atoms with Gasteiger partial charge in [-0.2, -0.15) is 13.2 Å². The van der Waals surface area contributed by atoms with Crippen LogP contribution in [-0.4, -0.2) is 23.9 Å². The van der Waals surface area contributed by atoms with Gasteiger partial charge >= 0.3 is 6.18 Å². The Morgan fingerprint density at radius 2 is 1.75 bits per heavy atom. The molecule has 20 heavy (non-hydrogen) atoms. The van der Waals surface area contributed by atoms with E-state index < -0.39 is 23.9 Å². The van der Waals surface area contributed by atoms with Gasteiger partial charge < -0.3 is 5.32 Å². The molecule has 0 aromatic heterocycles. The summed E-state index contributed by atoms with van der Waals surface area (Å²) in [6.07, 6.45) is -4.38. The number of hydrogen-bond acceptors (Lipinski definition) is 2. The molecule has 0 aliphatic rings. The number of thioether (sulfide) groups is 1. The molecule has 1 atom stereocenters. The molecule has 0 heterocycles. The molecule has 0 aliphatic carbocycles. The Morgan fingerprint density at radius 1 is 1.20 bits per heavy atom. The highest BCUT2D eigenvalue weighted by molar-refractivity contribution is 8.00. The van der Waals surface area contributed by atoms with Gasteiger partial charge in [0.1, 0.15) is 6.54 Å². The second kappa shape index (κ2) is 7.02. The van der Waals surface area contributed by atoms with E-state index in [9.17, 15) is 18.0 Å². The molecule has 112 valence electrons. The highest BCUT2D eigenvalue weighted by Gasteiger charge is 2.28. The number of halogens is 3. The molecule has 1 aromatic carbocycles. The van der Waals surface area contributed by atoms with Gasteiger partial charge in [0.25, 0.3) is 0 Å². The minimum absolute atomic E-state index is 0.418. The lowest BCUT2D eigenvalue weighted by Crippen LogP contribution is -2.37. The zero-order valence-corrected chi connectivity index (χ0v) is 12.4. The molecule has 0 saturated carbocycles. The molecule has 6 heteroatoms. The highest BCUT2D eigenvalue weighted by atomic mass is 32.2. The van der Waals surface area contributed by atoms with Crippen LogP contribution < -0.4 is 5.32 Å². The summed E-state index contributed by atoms with van der Waals surface area (Å²) >= 11 is 1.24. The molecule has 0 fully saturated rings. The van der Waals surface area contributed by atoms with Gasteiger partial charge in [0.05, 0.1) is 5.25 Å². The summed E-state index contributed by atoms with van der Waals surface area (Å²) in [6.45, 7) is 4.46. The monoisotopic (exact) mass is 305 g/mol. The minimum atomic E-state index is -4.38. The van der Waals surface area contributed by atoms with E-state index in [2.05, 4.69) is 13.8 Å². The fourth-order valence-corrected chi connectivity index (χ4v) is 2.41. The van der Waals surface area contributed by atoms with E-state index >= 15 is 0 Å². The van der Waals surface area contributed by atoms with Gasteiger partial charge in [-0.3, -0.25) is 4.79 Å². The summed E-state index contributed by atoms with van der Waals surface area (Å²) in [5.74, 6) is -0.193. The third-order valence-electron chi connectivity index (χ3n) is 2.69. The number of alkyl halides is 3. The summed E-state index contributed by atoms with van der Waals surface area (Å²) in [7, 11) is 0. The first-order valence-electron chi connectivity index (χ1n) is 6.30. The minimum Gasteiger partial charge on any atom is -0.346 e. The van der Waals surface area contributed by atoms with Crippen LogP contribution in [0.25, 0.3) is 0 Å². The van der Waals surface area contributed by atoms with Crippen LogP contribution in [0.5, 0.6) is 0 Å². The first-order chi connectivity index (χ1) is 9.19. The lowest BCUT2D eigenvalue weighted by molar-refractivity contribution is -0.137. The molecular formula is C14H18F3NOS. The van der Waals surface area contributed by atoms with Crippen molar-refractivity contribution in [2.45, 2.75) is 43.0 Å². The first-order valence-corrected chi connectivity index (χ1v) is 7.18. The standard InChI is InChI=1S/C14H18F3NOS/c1-9(2)11-4-6-12(7-5-11)20-10(3)13(19)18-8-14(15,16)17/h4-7,9-10H,8H2,1-3H3,(H,18,19). The van der Waals surface area contributed by atoms with Gasteiger partial charge in [-0.25, -0.2) is 0 Å². The van der Waals surface area contributed by atoms with Crippen molar-refractivity contribution in [3.63, 3.8) is 0 Å². The average molecular weight is 305 g/mol. The second-order valence-corrected chi connectivity index (χ2v) is 6.23. The van der Waals surface area contributed by atoms with Crippen molar-refractivity contribution in [2.75, 3.05) is 6.54 Å². The van der Waals surface area contributed by atoms with Gasteiger partial charge in [0.15, 0.2) is 0 Å². The fraction of sp³-hybridized carbons (Fsp3) is 0.500. The molecule has 1 aromatic rings. The second-order valence-electron chi connectivity index (χ2n) is 4.82. The van der Waals surface area contributed by atoms with Crippen LogP contribution in [0, 0.1) is 0 Å². The third-order valence-corrected chi connectivity index (χ3v) is 3.80. The van der Waals surface area contributed by atoms with E-state index in [-0.39, 0.29) is 0 Å². The van der Waals surface area contributed by atoms with Crippen LogP contribution in [0.1, 0.15) is 32.3 Å². The van der Waals surface area contributed by atoms with Crippen molar-refractivity contribution in [1.82, 2.24) is 5.32 Å². The van der Waals surface area contributed by atoms with Gasteiger partial charge in [-0.15, -0.1) is 11.8 Å². The Kier molecular flexibility index (Phi) is 5.92. The highest BCUT2D eigenvalue weighted by Crippen LogP contribution is 2.25. The Morgan fingerprint density at radius 3 is 2.20 bits per heavy atom. The smallest absolute Gasteiger partial charge is 0.346 e. The van der Waals surface area contributed by atoms with E-state index in [0.717, 1.165) is 4.90 Å². The molecule has 1 unspecified atom stereocenters. The number of benzene rings is 1.